The minimum absolute atomic E-state index is 0.0571. The minimum atomic E-state index is -0.475. The predicted molar refractivity (Wildman–Crippen MR) is 75.8 cm³/mol. The molecule has 1 aromatic rings. The molecule has 5 nitrogen and oxygen atoms in total. The highest BCUT2D eigenvalue weighted by Crippen LogP contribution is 2.33. The number of nitrogens with zero attached hydrogens (tertiary/aromatic N) is 1. The van der Waals surface area contributed by atoms with E-state index >= 15 is 0 Å². The van der Waals surface area contributed by atoms with Gasteiger partial charge >= 0.3 is 5.97 Å². The monoisotopic (exact) mass is 284 g/mol. The fourth-order valence-electron chi connectivity index (χ4n) is 2.41. The topological polar surface area (TPSA) is 79.2 Å². The molecular weight excluding hydrogens is 268 g/mol. The number of hydrogen-bond acceptors (Lipinski definition) is 4. The molecule has 1 heterocycles. The van der Waals surface area contributed by atoms with Crippen molar-refractivity contribution in [3.8, 4) is 6.07 Å². The first kappa shape index (κ1) is 14.8. The van der Waals surface area contributed by atoms with Crippen LogP contribution in [0, 0.1) is 11.3 Å². The summed E-state index contributed by atoms with van der Waals surface area (Å²) in [6.45, 7) is 1.75. The molecule has 0 fully saturated rings. The fraction of sp³-hybridized carbons (Fsp3) is 0.312. The van der Waals surface area contributed by atoms with Crippen molar-refractivity contribution in [1.82, 2.24) is 5.32 Å². The van der Waals surface area contributed by atoms with Crippen LogP contribution in [-0.4, -0.2) is 18.5 Å². The molecule has 0 aromatic heterocycles. The molecule has 108 valence electrons. The van der Waals surface area contributed by atoms with Gasteiger partial charge in [0.1, 0.15) is 6.61 Å². The number of esters is 1. The van der Waals surface area contributed by atoms with Crippen LogP contribution in [0.25, 0.3) is 0 Å². The summed E-state index contributed by atoms with van der Waals surface area (Å²) in [6.07, 6.45) is 0.366. The van der Waals surface area contributed by atoms with E-state index in [1.165, 1.54) is 0 Å². The molecule has 0 bridgehead atoms. The van der Waals surface area contributed by atoms with Crippen LogP contribution in [-0.2, 0) is 14.3 Å². The molecule has 5 heteroatoms. The third-order valence-corrected chi connectivity index (χ3v) is 3.34. The van der Waals surface area contributed by atoms with Crippen molar-refractivity contribution in [1.29, 1.82) is 5.26 Å². The summed E-state index contributed by atoms with van der Waals surface area (Å²) in [5.41, 5.74) is 1.87. The Labute approximate surface area is 123 Å². The Morgan fingerprint density at radius 2 is 2.14 bits per heavy atom. The Bertz CT molecular complexity index is 614. The molecule has 0 saturated carbocycles. The van der Waals surface area contributed by atoms with Gasteiger partial charge in [0.05, 0.1) is 18.1 Å². The number of carbonyl (C=O) groups is 2. The Hall–Kier alpha value is -2.61. The van der Waals surface area contributed by atoms with Gasteiger partial charge in [0.25, 0.3) is 0 Å². The van der Waals surface area contributed by atoms with Crippen LogP contribution in [0.15, 0.2) is 41.6 Å². The van der Waals surface area contributed by atoms with E-state index in [0.29, 0.717) is 11.3 Å². The molecule has 0 unspecified atom stereocenters. The minimum Gasteiger partial charge on any atom is -0.461 e. The Morgan fingerprint density at radius 1 is 1.43 bits per heavy atom. The molecule has 1 atom stereocenters. The van der Waals surface area contributed by atoms with E-state index in [2.05, 4.69) is 5.32 Å². The first-order valence-electron chi connectivity index (χ1n) is 6.73. The van der Waals surface area contributed by atoms with E-state index in [-0.39, 0.29) is 31.3 Å². The maximum Gasteiger partial charge on any atom is 0.336 e. The normalized spacial score (nSPS) is 17.9. The molecule has 1 aliphatic heterocycles. The molecule has 0 aliphatic carbocycles. The predicted octanol–water partition coefficient (Wildman–Crippen LogP) is 2.02. The lowest BCUT2D eigenvalue weighted by Crippen LogP contribution is -2.34. The van der Waals surface area contributed by atoms with Gasteiger partial charge in [-0.05, 0) is 12.5 Å². The second kappa shape index (κ2) is 6.71. The largest absolute Gasteiger partial charge is 0.461 e. The Balaban J connectivity index is 2.29. The maximum atomic E-state index is 12.2. The van der Waals surface area contributed by atoms with Crippen molar-refractivity contribution >= 4 is 11.9 Å². The molecule has 0 saturated heterocycles. The number of ether oxygens (including phenoxy) is 1. The zero-order valence-electron chi connectivity index (χ0n) is 11.8. The van der Waals surface area contributed by atoms with Gasteiger partial charge in [-0.15, -0.1) is 0 Å². The lowest BCUT2D eigenvalue weighted by Gasteiger charge is -2.26. The summed E-state index contributed by atoms with van der Waals surface area (Å²) in [6, 6.07) is 11.3. The van der Waals surface area contributed by atoms with E-state index in [1.807, 2.05) is 36.4 Å². The molecule has 1 aliphatic rings. The summed E-state index contributed by atoms with van der Waals surface area (Å²) in [7, 11) is 0. The zero-order chi connectivity index (χ0) is 15.2. The number of carbonyl (C=O) groups excluding carboxylic acids is 2. The van der Waals surface area contributed by atoms with E-state index in [9.17, 15) is 9.59 Å². The molecule has 0 spiro atoms. The van der Waals surface area contributed by atoms with Crippen LogP contribution >= 0.6 is 0 Å². The summed E-state index contributed by atoms with van der Waals surface area (Å²) < 4.78 is 5.11. The highest BCUT2D eigenvalue weighted by Gasteiger charge is 2.32. The third kappa shape index (κ3) is 3.48. The number of hydrogen-bond donors (Lipinski definition) is 1. The smallest absolute Gasteiger partial charge is 0.336 e. The summed E-state index contributed by atoms with van der Waals surface area (Å²) in [5, 5.41) is 11.2. The van der Waals surface area contributed by atoms with Crippen molar-refractivity contribution in [3.05, 3.63) is 47.2 Å². The molecule has 1 N–H and O–H groups in total. The van der Waals surface area contributed by atoms with Gasteiger partial charge in [0, 0.05) is 18.0 Å². The molecule has 1 aromatic carbocycles. The van der Waals surface area contributed by atoms with Crippen LogP contribution in [0.1, 0.15) is 31.2 Å². The van der Waals surface area contributed by atoms with Crippen molar-refractivity contribution in [2.75, 3.05) is 6.61 Å². The van der Waals surface area contributed by atoms with Crippen LogP contribution in [0.2, 0.25) is 0 Å². The van der Waals surface area contributed by atoms with Gasteiger partial charge in [-0.3, -0.25) is 4.79 Å². The molecule has 21 heavy (non-hydrogen) atoms. The maximum absolute atomic E-state index is 12.2. The van der Waals surface area contributed by atoms with E-state index in [0.717, 1.165) is 5.56 Å². The first-order chi connectivity index (χ1) is 10.1. The van der Waals surface area contributed by atoms with Crippen LogP contribution in [0.3, 0.4) is 0 Å². The Morgan fingerprint density at radius 3 is 2.81 bits per heavy atom. The van der Waals surface area contributed by atoms with Gasteiger partial charge in [0.2, 0.25) is 5.91 Å². The third-order valence-electron chi connectivity index (χ3n) is 3.34. The van der Waals surface area contributed by atoms with Gasteiger partial charge in [-0.25, -0.2) is 4.79 Å². The van der Waals surface area contributed by atoms with Gasteiger partial charge in [-0.1, -0.05) is 30.3 Å². The SMILES string of the molecule is CC1=C(C(=O)OCCC#N)[C@@H](c2ccccc2)CC(=O)N1. The van der Waals surface area contributed by atoms with Crippen molar-refractivity contribution in [3.63, 3.8) is 0 Å². The quantitative estimate of drug-likeness (QED) is 0.677. The summed E-state index contributed by atoms with van der Waals surface area (Å²) >= 11 is 0. The number of rotatable bonds is 4. The number of benzene rings is 1. The van der Waals surface area contributed by atoms with Crippen LogP contribution in [0.5, 0.6) is 0 Å². The van der Waals surface area contributed by atoms with Crippen LogP contribution < -0.4 is 5.32 Å². The first-order valence-corrected chi connectivity index (χ1v) is 6.73. The van der Waals surface area contributed by atoms with Gasteiger partial charge < -0.3 is 10.1 Å². The Kier molecular flexibility index (Phi) is 4.72. The number of nitrogens with one attached hydrogen (secondary N) is 1. The second-order valence-corrected chi connectivity index (χ2v) is 4.80. The molecule has 0 radical (unpaired) electrons. The lowest BCUT2D eigenvalue weighted by atomic mass is 9.84. The number of amides is 1. The number of nitriles is 1. The highest BCUT2D eigenvalue weighted by atomic mass is 16.5. The van der Waals surface area contributed by atoms with E-state index in [4.69, 9.17) is 10.00 Å². The van der Waals surface area contributed by atoms with Gasteiger partial charge in [0.15, 0.2) is 0 Å². The molecule has 2 rings (SSSR count). The van der Waals surface area contributed by atoms with Crippen molar-refractivity contribution < 1.29 is 14.3 Å². The van der Waals surface area contributed by atoms with Gasteiger partial charge in [-0.2, -0.15) is 5.26 Å². The standard InChI is InChI=1S/C16H16N2O3/c1-11-15(16(20)21-9-5-8-17)13(10-14(19)18-11)12-6-3-2-4-7-12/h2-4,6-7,13H,5,9-10H2,1H3,(H,18,19)/t13-/m1/s1. The van der Waals surface area contributed by atoms with Crippen molar-refractivity contribution in [2.24, 2.45) is 0 Å². The summed E-state index contributed by atoms with van der Waals surface area (Å²) in [5.74, 6) is -0.902. The molecule has 1 amide bonds. The second-order valence-electron chi connectivity index (χ2n) is 4.80. The highest BCUT2D eigenvalue weighted by molar-refractivity contribution is 5.95. The average molecular weight is 284 g/mol. The van der Waals surface area contributed by atoms with Crippen molar-refractivity contribution in [2.45, 2.75) is 25.7 Å². The fourth-order valence-corrected chi connectivity index (χ4v) is 2.41. The zero-order valence-corrected chi connectivity index (χ0v) is 11.8. The average Bonchev–Trinajstić information content (AvgIpc) is 2.47. The lowest BCUT2D eigenvalue weighted by molar-refractivity contribution is -0.139. The molecular formula is C16H16N2O3. The summed E-state index contributed by atoms with van der Waals surface area (Å²) in [4.78, 5) is 24.0. The van der Waals surface area contributed by atoms with Crippen LogP contribution in [0.4, 0.5) is 0 Å². The number of allylic oxidation sites excluding steroid dienone is 1. The van der Waals surface area contributed by atoms with E-state index in [1.54, 1.807) is 6.92 Å². The van der Waals surface area contributed by atoms with E-state index < -0.39 is 5.97 Å².